The van der Waals surface area contributed by atoms with Gasteiger partial charge in [0.15, 0.2) is 0 Å². The molecule has 4 nitrogen and oxygen atoms in total. The lowest BCUT2D eigenvalue weighted by Gasteiger charge is -2.21. The van der Waals surface area contributed by atoms with Gasteiger partial charge in [-0.05, 0) is 11.5 Å². The fraction of sp³-hybridized carbons (Fsp3) is 0.357. The smallest absolute Gasteiger partial charge is 0.223 e. The molecule has 0 saturated heterocycles. The largest absolute Gasteiger partial charge is 0.359 e. The summed E-state index contributed by atoms with van der Waals surface area (Å²) in [5.74, 6) is -0.598. The highest BCUT2D eigenvalue weighted by Gasteiger charge is 2.24. The van der Waals surface area contributed by atoms with E-state index in [0.717, 1.165) is 18.1 Å². The van der Waals surface area contributed by atoms with Gasteiger partial charge in [-0.25, -0.2) is 0 Å². The third-order valence-corrected chi connectivity index (χ3v) is 3.14. The fourth-order valence-corrected chi connectivity index (χ4v) is 1.94. The normalized spacial score (nSPS) is 13.4. The Labute approximate surface area is 106 Å². The lowest BCUT2D eigenvalue weighted by atomic mass is 9.85. The van der Waals surface area contributed by atoms with E-state index in [1.54, 1.807) is 19.2 Å². The highest BCUT2D eigenvalue weighted by molar-refractivity contribution is 5.81. The first-order chi connectivity index (χ1) is 8.63. The Morgan fingerprint density at radius 1 is 1.28 bits per heavy atom. The van der Waals surface area contributed by atoms with Crippen molar-refractivity contribution in [1.82, 2.24) is 5.32 Å². The molecule has 0 radical (unpaired) electrons. The van der Waals surface area contributed by atoms with E-state index in [9.17, 15) is 14.4 Å². The zero-order valence-corrected chi connectivity index (χ0v) is 10.6. The first-order valence-corrected chi connectivity index (χ1v) is 5.84. The van der Waals surface area contributed by atoms with E-state index in [1.165, 1.54) is 0 Å². The molecule has 2 unspecified atom stereocenters. The second kappa shape index (κ2) is 6.69. The van der Waals surface area contributed by atoms with Crippen molar-refractivity contribution in [2.24, 2.45) is 5.92 Å². The molecule has 1 N–H and O–H groups in total. The summed E-state index contributed by atoms with van der Waals surface area (Å²) in [6, 6.07) is 7.05. The van der Waals surface area contributed by atoms with Gasteiger partial charge in [0.2, 0.25) is 5.91 Å². The van der Waals surface area contributed by atoms with Crippen LogP contribution in [0.15, 0.2) is 24.3 Å². The fourth-order valence-electron chi connectivity index (χ4n) is 1.94. The van der Waals surface area contributed by atoms with Crippen LogP contribution in [0.4, 0.5) is 0 Å². The second-order valence-electron chi connectivity index (χ2n) is 4.20. The summed E-state index contributed by atoms with van der Waals surface area (Å²) in [7, 11) is 1.56. The van der Waals surface area contributed by atoms with Crippen LogP contribution in [0, 0.1) is 5.92 Å². The number of hydrogen-bond donors (Lipinski definition) is 1. The molecule has 0 bridgehead atoms. The van der Waals surface area contributed by atoms with Crippen molar-refractivity contribution in [3.05, 3.63) is 35.4 Å². The predicted molar refractivity (Wildman–Crippen MR) is 68.5 cm³/mol. The van der Waals surface area contributed by atoms with Gasteiger partial charge < -0.3 is 10.1 Å². The summed E-state index contributed by atoms with van der Waals surface area (Å²) in [5, 5.41) is 2.57. The molecule has 2 atom stereocenters. The Kier molecular flexibility index (Phi) is 5.24. The summed E-state index contributed by atoms with van der Waals surface area (Å²) in [6.07, 6.45) is 1.72. The van der Waals surface area contributed by atoms with Gasteiger partial charge in [0.05, 0.1) is 5.92 Å². The quantitative estimate of drug-likeness (QED) is 0.776. The zero-order valence-electron chi connectivity index (χ0n) is 10.6. The van der Waals surface area contributed by atoms with Crippen LogP contribution >= 0.6 is 0 Å². The number of amides is 1. The van der Waals surface area contributed by atoms with Crippen LogP contribution in [0.25, 0.3) is 0 Å². The molecule has 96 valence electrons. The van der Waals surface area contributed by atoms with Gasteiger partial charge in [0.1, 0.15) is 12.6 Å². The highest BCUT2D eigenvalue weighted by atomic mass is 16.2. The van der Waals surface area contributed by atoms with E-state index < -0.39 is 0 Å². The summed E-state index contributed by atoms with van der Waals surface area (Å²) in [6.45, 7) is 1.90. The van der Waals surface area contributed by atoms with E-state index in [2.05, 4.69) is 5.32 Å². The summed E-state index contributed by atoms with van der Waals surface area (Å²) >= 11 is 0. The van der Waals surface area contributed by atoms with Gasteiger partial charge >= 0.3 is 0 Å². The van der Waals surface area contributed by atoms with Gasteiger partial charge in [0.25, 0.3) is 0 Å². The third-order valence-electron chi connectivity index (χ3n) is 3.14. The number of carbonyl (C=O) groups is 3. The third kappa shape index (κ3) is 3.26. The SMILES string of the molecule is CNC(=O)C(CC=O)C(C)c1ccc(C=O)cc1. The maximum atomic E-state index is 11.7. The molecule has 0 aliphatic rings. The molecular weight excluding hydrogens is 230 g/mol. The van der Waals surface area contributed by atoms with Crippen molar-refractivity contribution in [2.75, 3.05) is 7.05 Å². The maximum absolute atomic E-state index is 11.7. The summed E-state index contributed by atoms with van der Waals surface area (Å²) < 4.78 is 0. The number of aldehydes is 2. The topological polar surface area (TPSA) is 63.2 Å². The molecule has 0 aromatic heterocycles. The molecule has 0 heterocycles. The van der Waals surface area contributed by atoms with Crippen molar-refractivity contribution in [1.29, 1.82) is 0 Å². The Morgan fingerprint density at radius 3 is 2.33 bits per heavy atom. The predicted octanol–water partition coefficient (Wildman–Crippen LogP) is 1.55. The van der Waals surface area contributed by atoms with E-state index in [1.807, 2.05) is 19.1 Å². The number of rotatable bonds is 6. The minimum absolute atomic E-state index is 0.0733. The zero-order chi connectivity index (χ0) is 13.5. The Hall–Kier alpha value is -1.97. The van der Waals surface area contributed by atoms with E-state index in [-0.39, 0.29) is 24.2 Å². The number of benzene rings is 1. The standard InChI is InChI=1S/C14H17NO3/c1-10(13(7-8-16)14(18)15-2)12-5-3-11(9-17)4-6-12/h3-6,8-10,13H,7H2,1-2H3,(H,15,18). The van der Waals surface area contributed by atoms with E-state index >= 15 is 0 Å². The van der Waals surface area contributed by atoms with Crippen molar-refractivity contribution < 1.29 is 14.4 Å². The lowest BCUT2D eigenvalue weighted by Crippen LogP contribution is -2.31. The van der Waals surface area contributed by atoms with Gasteiger partial charge in [0, 0.05) is 19.0 Å². The first-order valence-electron chi connectivity index (χ1n) is 5.84. The summed E-state index contributed by atoms with van der Waals surface area (Å²) in [5.41, 5.74) is 1.54. The molecule has 1 amide bonds. The van der Waals surface area contributed by atoms with Gasteiger partial charge in [-0.15, -0.1) is 0 Å². The molecule has 0 aliphatic heterocycles. The van der Waals surface area contributed by atoms with Crippen molar-refractivity contribution >= 4 is 18.5 Å². The van der Waals surface area contributed by atoms with Crippen LogP contribution in [0.2, 0.25) is 0 Å². The average molecular weight is 247 g/mol. The van der Waals surface area contributed by atoms with Crippen LogP contribution in [-0.2, 0) is 9.59 Å². The average Bonchev–Trinajstić information content (AvgIpc) is 2.43. The molecule has 1 aromatic carbocycles. The van der Waals surface area contributed by atoms with Gasteiger partial charge in [-0.1, -0.05) is 31.2 Å². The molecular formula is C14H17NO3. The lowest BCUT2D eigenvalue weighted by molar-refractivity contribution is -0.127. The summed E-state index contributed by atoms with van der Waals surface area (Å²) in [4.78, 5) is 32.9. The minimum Gasteiger partial charge on any atom is -0.359 e. The van der Waals surface area contributed by atoms with Crippen LogP contribution in [0.5, 0.6) is 0 Å². The van der Waals surface area contributed by atoms with Gasteiger partial charge in [-0.3, -0.25) is 9.59 Å². The molecule has 0 saturated carbocycles. The molecule has 0 fully saturated rings. The van der Waals surface area contributed by atoms with Crippen molar-refractivity contribution in [3.8, 4) is 0 Å². The molecule has 0 spiro atoms. The van der Waals surface area contributed by atoms with Crippen LogP contribution in [0.1, 0.15) is 35.2 Å². The van der Waals surface area contributed by atoms with Crippen molar-refractivity contribution in [2.45, 2.75) is 19.3 Å². The first kappa shape index (κ1) is 14.1. The van der Waals surface area contributed by atoms with E-state index in [4.69, 9.17) is 0 Å². The van der Waals surface area contributed by atoms with Crippen LogP contribution in [0.3, 0.4) is 0 Å². The monoisotopic (exact) mass is 247 g/mol. The molecule has 1 aromatic rings. The van der Waals surface area contributed by atoms with Gasteiger partial charge in [-0.2, -0.15) is 0 Å². The highest BCUT2D eigenvalue weighted by Crippen LogP contribution is 2.26. The molecule has 18 heavy (non-hydrogen) atoms. The maximum Gasteiger partial charge on any atom is 0.223 e. The molecule has 1 rings (SSSR count). The van der Waals surface area contributed by atoms with Crippen LogP contribution in [-0.4, -0.2) is 25.5 Å². The Balaban J connectivity index is 2.93. The number of carbonyl (C=O) groups excluding carboxylic acids is 3. The molecule has 0 aliphatic carbocycles. The Bertz CT molecular complexity index is 425. The Morgan fingerprint density at radius 2 is 1.89 bits per heavy atom. The second-order valence-corrected chi connectivity index (χ2v) is 4.20. The van der Waals surface area contributed by atoms with Crippen molar-refractivity contribution in [3.63, 3.8) is 0 Å². The minimum atomic E-state index is -0.380. The molecule has 4 heteroatoms. The number of hydrogen-bond acceptors (Lipinski definition) is 3. The van der Waals surface area contributed by atoms with Crippen LogP contribution < -0.4 is 5.32 Å². The van der Waals surface area contributed by atoms with E-state index in [0.29, 0.717) is 5.56 Å². The number of nitrogens with one attached hydrogen (secondary N) is 1.